The van der Waals surface area contributed by atoms with Gasteiger partial charge in [-0.25, -0.2) is 14.5 Å². The van der Waals surface area contributed by atoms with Crippen LogP contribution in [0.3, 0.4) is 0 Å². The van der Waals surface area contributed by atoms with E-state index in [1.807, 2.05) is 11.0 Å². The number of aliphatic hydroxyl groups excluding tert-OH is 1. The predicted octanol–water partition coefficient (Wildman–Crippen LogP) is 1.49. The second-order valence-electron chi connectivity index (χ2n) is 8.37. The van der Waals surface area contributed by atoms with Crippen molar-refractivity contribution in [1.82, 2.24) is 24.5 Å². The molecule has 3 aromatic rings. The van der Waals surface area contributed by atoms with E-state index in [-0.39, 0.29) is 5.91 Å². The standard InChI is InChI=1S/C22H23N7O2/c23-12-16-4-8-24-20(11-16)27-10-5-18(30)22(14-27)6-2-9-28(15-22)21(31)17-13-25-19-3-1-7-26-29(17)19/h1,3-4,7-8,11,13,18,30H,2,5-6,9-10,14-15H2/t18-,22-/m0/s1. The molecule has 31 heavy (non-hydrogen) atoms. The van der Waals surface area contributed by atoms with E-state index >= 15 is 0 Å². The molecule has 2 aliphatic rings. The summed E-state index contributed by atoms with van der Waals surface area (Å²) in [7, 11) is 0. The first-order valence-corrected chi connectivity index (χ1v) is 10.5. The first-order valence-electron chi connectivity index (χ1n) is 10.5. The summed E-state index contributed by atoms with van der Waals surface area (Å²) in [5.74, 6) is 0.610. The van der Waals surface area contributed by atoms with Crippen LogP contribution in [0.1, 0.15) is 35.3 Å². The number of fused-ring (bicyclic) bond motifs is 1. The number of amides is 1. The number of pyridine rings is 1. The molecule has 1 N–H and O–H groups in total. The van der Waals surface area contributed by atoms with Crippen molar-refractivity contribution >= 4 is 17.4 Å². The summed E-state index contributed by atoms with van der Waals surface area (Å²) in [4.78, 5) is 26.0. The molecule has 0 aromatic carbocycles. The Labute approximate surface area is 179 Å². The van der Waals surface area contributed by atoms with E-state index in [0.717, 1.165) is 18.7 Å². The average Bonchev–Trinajstić information content (AvgIpc) is 3.25. The summed E-state index contributed by atoms with van der Waals surface area (Å²) in [5.41, 5.74) is 1.18. The minimum absolute atomic E-state index is 0.126. The summed E-state index contributed by atoms with van der Waals surface area (Å²) < 4.78 is 1.56. The van der Waals surface area contributed by atoms with Crippen LogP contribution in [0, 0.1) is 16.7 Å². The van der Waals surface area contributed by atoms with Gasteiger partial charge in [-0.15, -0.1) is 0 Å². The maximum atomic E-state index is 13.3. The molecule has 3 aromatic heterocycles. The molecule has 5 rings (SSSR count). The molecule has 2 aliphatic heterocycles. The van der Waals surface area contributed by atoms with Crippen LogP contribution >= 0.6 is 0 Å². The van der Waals surface area contributed by atoms with Gasteiger partial charge < -0.3 is 14.9 Å². The van der Waals surface area contributed by atoms with Crippen LogP contribution in [0.2, 0.25) is 0 Å². The highest BCUT2D eigenvalue weighted by Gasteiger charge is 2.47. The van der Waals surface area contributed by atoms with Gasteiger partial charge in [0.2, 0.25) is 0 Å². The van der Waals surface area contributed by atoms with Gasteiger partial charge in [0.1, 0.15) is 5.82 Å². The molecule has 0 bridgehead atoms. The molecule has 9 heteroatoms. The number of anilines is 1. The summed E-state index contributed by atoms with van der Waals surface area (Å²) in [5, 5.41) is 24.5. The summed E-state index contributed by atoms with van der Waals surface area (Å²) in [6, 6.07) is 9.22. The number of imidazole rings is 1. The number of aromatic nitrogens is 4. The van der Waals surface area contributed by atoms with E-state index in [2.05, 4.69) is 26.0 Å². The fraction of sp³-hybridized carbons (Fsp3) is 0.409. The molecule has 0 radical (unpaired) electrons. The van der Waals surface area contributed by atoms with E-state index < -0.39 is 11.5 Å². The van der Waals surface area contributed by atoms with Gasteiger partial charge in [-0.2, -0.15) is 10.4 Å². The van der Waals surface area contributed by atoms with E-state index in [4.69, 9.17) is 0 Å². The van der Waals surface area contributed by atoms with Crippen molar-refractivity contribution in [2.75, 3.05) is 31.1 Å². The van der Waals surface area contributed by atoms with Gasteiger partial charge >= 0.3 is 0 Å². The fourth-order valence-electron chi connectivity index (χ4n) is 4.88. The van der Waals surface area contributed by atoms with Crippen LogP contribution in [0.4, 0.5) is 5.82 Å². The summed E-state index contributed by atoms with van der Waals surface area (Å²) >= 11 is 0. The Balaban J connectivity index is 1.40. The molecule has 2 saturated heterocycles. The van der Waals surface area contributed by atoms with Gasteiger partial charge in [0.15, 0.2) is 11.3 Å². The number of hydrogen-bond donors (Lipinski definition) is 1. The number of nitriles is 1. The first kappa shape index (κ1) is 19.5. The number of likely N-dealkylation sites (tertiary alicyclic amines) is 1. The van der Waals surface area contributed by atoms with Gasteiger partial charge in [-0.3, -0.25) is 4.79 Å². The minimum Gasteiger partial charge on any atom is -0.392 e. The number of nitrogens with zero attached hydrogens (tertiary/aromatic N) is 7. The monoisotopic (exact) mass is 417 g/mol. The van der Waals surface area contributed by atoms with Gasteiger partial charge in [-0.05, 0) is 43.5 Å². The fourth-order valence-corrected chi connectivity index (χ4v) is 4.88. The maximum absolute atomic E-state index is 13.3. The highest BCUT2D eigenvalue weighted by molar-refractivity contribution is 5.93. The van der Waals surface area contributed by atoms with Crippen molar-refractivity contribution in [2.45, 2.75) is 25.4 Å². The predicted molar refractivity (Wildman–Crippen MR) is 112 cm³/mol. The first-order chi connectivity index (χ1) is 15.1. The number of carbonyl (C=O) groups excluding carboxylic acids is 1. The molecule has 2 fully saturated rings. The number of aliphatic hydroxyl groups is 1. The molecule has 158 valence electrons. The number of piperidine rings is 2. The van der Waals surface area contributed by atoms with Crippen LogP contribution in [0.15, 0.2) is 42.9 Å². The largest absolute Gasteiger partial charge is 0.392 e. The highest BCUT2D eigenvalue weighted by Crippen LogP contribution is 2.40. The van der Waals surface area contributed by atoms with E-state index in [9.17, 15) is 15.2 Å². The number of rotatable bonds is 2. The Morgan fingerprint density at radius 2 is 2.13 bits per heavy atom. The lowest BCUT2D eigenvalue weighted by Gasteiger charge is -2.51. The minimum atomic E-state index is -0.501. The van der Waals surface area contributed by atoms with Crippen molar-refractivity contribution in [3.63, 3.8) is 0 Å². The van der Waals surface area contributed by atoms with Crippen LogP contribution in [0.5, 0.6) is 0 Å². The average molecular weight is 417 g/mol. The SMILES string of the molecule is N#Cc1ccnc(N2CC[C@H](O)[C@@]3(CCCN(C(=O)c4cnc5cccnn45)C3)C2)c1. The molecule has 0 saturated carbocycles. The van der Waals surface area contributed by atoms with E-state index in [0.29, 0.717) is 49.5 Å². The van der Waals surface area contributed by atoms with E-state index in [1.165, 1.54) is 0 Å². The quantitative estimate of drug-likeness (QED) is 0.672. The Hall–Kier alpha value is -3.51. The third-order valence-electron chi connectivity index (χ3n) is 6.48. The van der Waals surface area contributed by atoms with E-state index in [1.54, 1.807) is 41.3 Å². The van der Waals surface area contributed by atoms with Crippen LogP contribution in [-0.2, 0) is 0 Å². The number of hydrogen-bond acceptors (Lipinski definition) is 7. The third kappa shape index (κ3) is 3.39. The Morgan fingerprint density at radius 1 is 1.23 bits per heavy atom. The molecule has 1 spiro atoms. The van der Waals surface area contributed by atoms with Crippen LogP contribution in [0.25, 0.3) is 5.65 Å². The van der Waals surface area contributed by atoms with Gasteiger partial charge in [0, 0.05) is 44.0 Å². The second-order valence-corrected chi connectivity index (χ2v) is 8.37. The van der Waals surface area contributed by atoms with Crippen molar-refractivity contribution in [3.8, 4) is 6.07 Å². The Morgan fingerprint density at radius 3 is 3.00 bits per heavy atom. The number of carbonyl (C=O) groups is 1. The lowest BCUT2D eigenvalue weighted by molar-refractivity contribution is -0.0364. The smallest absolute Gasteiger partial charge is 0.274 e. The Bertz CT molecular complexity index is 1170. The summed E-state index contributed by atoms with van der Waals surface area (Å²) in [6.07, 6.45) is 6.57. The highest BCUT2D eigenvalue weighted by atomic mass is 16.3. The van der Waals surface area contributed by atoms with Crippen LogP contribution in [-0.4, -0.2) is 67.8 Å². The third-order valence-corrected chi connectivity index (χ3v) is 6.48. The summed E-state index contributed by atoms with van der Waals surface area (Å²) in [6.45, 7) is 2.35. The topological polar surface area (TPSA) is 111 Å². The lowest BCUT2D eigenvalue weighted by Crippen LogP contribution is -2.60. The molecular weight excluding hydrogens is 394 g/mol. The molecule has 1 amide bonds. The van der Waals surface area contributed by atoms with Gasteiger partial charge in [-0.1, -0.05) is 0 Å². The zero-order valence-corrected chi connectivity index (χ0v) is 17.1. The normalized spacial score (nSPS) is 23.8. The van der Waals surface area contributed by atoms with Crippen LogP contribution < -0.4 is 4.90 Å². The van der Waals surface area contributed by atoms with Crippen molar-refractivity contribution < 1.29 is 9.90 Å². The van der Waals surface area contributed by atoms with Crippen molar-refractivity contribution in [1.29, 1.82) is 5.26 Å². The molecule has 0 unspecified atom stereocenters. The van der Waals surface area contributed by atoms with Crippen molar-refractivity contribution in [2.24, 2.45) is 5.41 Å². The molecule has 2 atom stereocenters. The maximum Gasteiger partial charge on any atom is 0.274 e. The van der Waals surface area contributed by atoms with Gasteiger partial charge in [0.05, 0.1) is 23.9 Å². The van der Waals surface area contributed by atoms with Crippen molar-refractivity contribution in [3.05, 3.63) is 54.1 Å². The molecule has 5 heterocycles. The molecule has 9 nitrogen and oxygen atoms in total. The van der Waals surface area contributed by atoms with Gasteiger partial charge in [0.25, 0.3) is 5.91 Å². The molecule has 0 aliphatic carbocycles. The second kappa shape index (κ2) is 7.63. The lowest BCUT2D eigenvalue weighted by atomic mass is 9.71. The zero-order valence-electron chi connectivity index (χ0n) is 17.1. The zero-order chi connectivity index (χ0) is 21.4. The Kier molecular flexibility index (Phi) is 4.79. The molecular formula is C22H23N7O2.